The lowest BCUT2D eigenvalue weighted by Gasteiger charge is -2.14. The summed E-state index contributed by atoms with van der Waals surface area (Å²) in [6.45, 7) is 0. The van der Waals surface area contributed by atoms with Crippen molar-refractivity contribution in [3.8, 4) is 0 Å². The summed E-state index contributed by atoms with van der Waals surface area (Å²) in [7, 11) is 0. The minimum Gasteiger partial charge on any atom is -0.325 e. The van der Waals surface area contributed by atoms with Crippen LogP contribution in [0.15, 0.2) is 54.6 Å². The van der Waals surface area contributed by atoms with Gasteiger partial charge in [0.1, 0.15) is 0 Å². The molecule has 126 valence electrons. The molecule has 26 heavy (non-hydrogen) atoms. The molecule has 1 heterocycles. The van der Waals surface area contributed by atoms with E-state index >= 15 is 0 Å². The van der Waals surface area contributed by atoms with Gasteiger partial charge in [-0.1, -0.05) is 42.5 Å². The van der Waals surface area contributed by atoms with Crippen molar-refractivity contribution in [3.05, 3.63) is 60.2 Å². The van der Waals surface area contributed by atoms with Crippen molar-refractivity contribution in [2.75, 3.05) is 0 Å². The van der Waals surface area contributed by atoms with Crippen molar-refractivity contribution >= 4 is 50.1 Å². The standard InChI is InChI=1S/C21H13NO4/c23-17-8-9-18(24)22(17)26-21(25)16-10-14-6-4-12-2-1-3-13-5-7-15(11-16)20(14)19(12)13/h1-7,10-11H,8-9H2. The zero-order chi connectivity index (χ0) is 17.8. The number of hydrogen-bond donors (Lipinski definition) is 0. The molecule has 5 nitrogen and oxygen atoms in total. The van der Waals surface area contributed by atoms with Gasteiger partial charge < -0.3 is 4.84 Å². The average Bonchev–Trinajstić information content (AvgIpc) is 2.97. The van der Waals surface area contributed by atoms with Gasteiger partial charge in [-0.2, -0.15) is 0 Å². The van der Waals surface area contributed by atoms with Gasteiger partial charge in [-0.25, -0.2) is 4.79 Å². The summed E-state index contributed by atoms with van der Waals surface area (Å²) < 4.78 is 0. The molecule has 0 bridgehead atoms. The van der Waals surface area contributed by atoms with Crippen LogP contribution in [-0.4, -0.2) is 22.8 Å². The number of benzene rings is 4. The molecule has 1 saturated heterocycles. The molecule has 0 aliphatic carbocycles. The maximum Gasteiger partial charge on any atom is 0.363 e. The van der Waals surface area contributed by atoms with E-state index in [9.17, 15) is 14.4 Å². The second-order valence-corrected chi connectivity index (χ2v) is 6.47. The molecule has 4 aromatic rings. The Morgan fingerprint density at radius 2 is 1.27 bits per heavy atom. The first-order chi connectivity index (χ1) is 12.6. The van der Waals surface area contributed by atoms with Crippen LogP contribution in [0.4, 0.5) is 0 Å². The van der Waals surface area contributed by atoms with Crippen LogP contribution in [0.25, 0.3) is 32.3 Å². The van der Waals surface area contributed by atoms with Crippen molar-refractivity contribution in [1.29, 1.82) is 0 Å². The second-order valence-electron chi connectivity index (χ2n) is 6.47. The van der Waals surface area contributed by atoms with Crippen LogP contribution >= 0.6 is 0 Å². The molecule has 1 fully saturated rings. The van der Waals surface area contributed by atoms with Crippen molar-refractivity contribution in [2.24, 2.45) is 0 Å². The fourth-order valence-corrected chi connectivity index (χ4v) is 3.66. The van der Waals surface area contributed by atoms with Crippen LogP contribution in [0, 0.1) is 0 Å². The van der Waals surface area contributed by atoms with Gasteiger partial charge in [0.2, 0.25) is 0 Å². The summed E-state index contributed by atoms with van der Waals surface area (Å²) in [6, 6.07) is 17.6. The highest BCUT2D eigenvalue weighted by atomic mass is 16.7. The van der Waals surface area contributed by atoms with Crippen LogP contribution < -0.4 is 0 Å². The van der Waals surface area contributed by atoms with Gasteiger partial charge >= 0.3 is 5.97 Å². The number of rotatable bonds is 2. The molecule has 0 aromatic heterocycles. The summed E-state index contributed by atoms with van der Waals surface area (Å²) in [6.07, 6.45) is 0.152. The van der Waals surface area contributed by atoms with E-state index in [4.69, 9.17) is 4.84 Å². The number of amides is 2. The predicted molar refractivity (Wildman–Crippen MR) is 96.6 cm³/mol. The van der Waals surface area contributed by atoms with Crippen LogP contribution in [0.2, 0.25) is 0 Å². The summed E-state index contributed by atoms with van der Waals surface area (Å²) in [5, 5.41) is 6.94. The van der Waals surface area contributed by atoms with E-state index in [0.717, 1.165) is 32.3 Å². The molecule has 0 spiro atoms. The third kappa shape index (κ3) is 2.07. The smallest absolute Gasteiger partial charge is 0.325 e. The van der Waals surface area contributed by atoms with Gasteiger partial charge in [0.25, 0.3) is 11.8 Å². The molecule has 0 N–H and O–H groups in total. The van der Waals surface area contributed by atoms with Gasteiger partial charge in [0, 0.05) is 12.8 Å². The first kappa shape index (κ1) is 14.8. The SMILES string of the molecule is O=C(ON1C(=O)CCC1=O)c1cc2ccc3cccc4ccc(c1)c2c34. The predicted octanol–water partition coefficient (Wildman–Crippen LogP) is 3.80. The molecule has 0 unspecified atom stereocenters. The number of nitrogens with zero attached hydrogens (tertiary/aromatic N) is 1. The quantitative estimate of drug-likeness (QED) is 0.410. The highest BCUT2D eigenvalue weighted by Gasteiger charge is 2.33. The Labute approximate surface area is 148 Å². The molecule has 4 aromatic carbocycles. The molecule has 0 atom stereocenters. The van der Waals surface area contributed by atoms with Gasteiger partial charge in [-0.15, -0.1) is 5.06 Å². The first-order valence-corrected chi connectivity index (χ1v) is 8.37. The number of carbonyl (C=O) groups excluding carboxylic acids is 3. The van der Waals surface area contributed by atoms with E-state index in [1.54, 1.807) is 12.1 Å². The lowest BCUT2D eigenvalue weighted by Crippen LogP contribution is -2.32. The van der Waals surface area contributed by atoms with Crippen molar-refractivity contribution in [2.45, 2.75) is 12.8 Å². The van der Waals surface area contributed by atoms with Crippen molar-refractivity contribution in [1.82, 2.24) is 5.06 Å². The fraction of sp³-hybridized carbons (Fsp3) is 0.0952. The van der Waals surface area contributed by atoms with E-state index in [1.807, 2.05) is 30.3 Å². The minimum absolute atomic E-state index is 0.0760. The van der Waals surface area contributed by atoms with Crippen molar-refractivity contribution in [3.63, 3.8) is 0 Å². The molecular formula is C21H13NO4. The average molecular weight is 343 g/mol. The highest BCUT2D eigenvalue weighted by molar-refractivity contribution is 6.24. The maximum absolute atomic E-state index is 12.5. The zero-order valence-electron chi connectivity index (χ0n) is 13.7. The van der Waals surface area contributed by atoms with E-state index in [0.29, 0.717) is 10.6 Å². The van der Waals surface area contributed by atoms with Crippen LogP contribution in [0.1, 0.15) is 23.2 Å². The summed E-state index contributed by atoms with van der Waals surface area (Å²) >= 11 is 0. The van der Waals surface area contributed by atoms with Gasteiger partial charge in [0.15, 0.2) is 0 Å². The maximum atomic E-state index is 12.5. The Hall–Kier alpha value is -3.47. The third-order valence-corrected chi connectivity index (χ3v) is 4.88. The minimum atomic E-state index is -0.709. The Morgan fingerprint density at radius 1 is 0.769 bits per heavy atom. The van der Waals surface area contributed by atoms with E-state index in [2.05, 4.69) is 12.1 Å². The second kappa shape index (κ2) is 5.26. The monoisotopic (exact) mass is 343 g/mol. The van der Waals surface area contributed by atoms with Gasteiger partial charge in [-0.3, -0.25) is 9.59 Å². The lowest BCUT2D eigenvalue weighted by atomic mass is 9.93. The van der Waals surface area contributed by atoms with E-state index in [-0.39, 0.29) is 12.8 Å². The molecule has 0 radical (unpaired) electrons. The van der Waals surface area contributed by atoms with Gasteiger partial charge in [-0.05, 0) is 44.5 Å². The van der Waals surface area contributed by atoms with Crippen molar-refractivity contribution < 1.29 is 19.2 Å². The summed E-state index contributed by atoms with van der Waals surface area (Å²) in [5.41, 5.74) is 0.309. The number of carbonyl (C=O) groups is 3. The Balaban J connectivity index is 1.64. The number of hydroxylamine groups is 2. The first-order valence-electron chi connectivity index (χ1n) is 8.37. The molecule has 2 amide bonds. The normalized spacial score (nSPS) is 14.8. The topological polar surface area (TPSA) is 63.7 Å². The highest BCUT2D eigenvalue weighted by Crippen LogP contribution is 2.35. The van der Waals surface area contributed by atoms with Crippen LogP contribution in [0.5, 0.6) is 0 Å². The molecule has 1 aliphatic heterocycles. The third-order valence-electron chi connectivity index (χ3n) is 4.88. The van der Waals surface area contributed by atoms with Crippen LogP contribution in [0.3, 0.4) is 0 Å². The fourth-order valence-electron chi connectivity index (χ4n) is 3.66. The van der Waals surface area contributed by atoms with Gasteiger partial charge in [0.05, 0.1) is 5.56 Å². The van der Waals surface area contributed by atoms with Crippen LogP contribution in [-0.2, 0) is 14.4 Å². The molecule has 5 rings (SSSR count). The van der Waals surface area contributed by atoms with E-state index < -0.39 is 17.8 Å². The molecular weight excluding hydrogens is 330 g/mol. The molecule has 5 heteroatoms. The molecule has 0 saturated carbocycles. The number of imide groups is 1. The Morgan fingerprint density at radius 3 is 1.85 bits per heavy atom. The summed E-state index contributed by atoms with van der Waals surface area (Å²) in [4.78, 5) is 40.9. The summed E-state index contributed by atoms with van der Waals surface area (Å²) in [5.74, 6) is -1.68. The molecule has 1 aliphatic rings. The van der Waals surface area contributed by atoms with E-state index in [1.165, 1.54) is 0 Å². The Bertz CT molecular complexity index is 1150. The number of hydrogen-bond acceptors (Lipinski definition) is 4. The Kier molecular flexibility index (Phi) is 3.00. The largest absolute Gasteiger partial charge is 0.363 e. The lowest BCUT2D eigenvalue weighted by molar-refractivity contribution is -0.172. The zero-order valence-corrected chi connectivity index (χ0v) is 13.7.